The van der Waals surface area contributed by atoms with Crippen LogP contribution in [-0.2, 0) is 0 Å². The molecule has 2 rings (SSSR count). The molecule has 0 atom stereocenters. The molecule has 0 spiro atoms. The topological polar surface area (TPSA) is 28.7 Å². The number of H-pyrrole nitrogens is 1. The van der Waals surface area contributed by atoms with Gasteiger partial charge in [0, 0.05) is 0 Å². The van der Waals surface area contributed by atoms with Crippen LogP contribution in [0.5, 0.6) is 0 Å². The van der Waals surface area contributed by atoms with Gasteiger partial charge < -0.3 is 0 Å². The van der Waals surface area contributed by atoms with Gasteiger partial charge in [0.05, 0.1) is 5.69 Å². The van der Waals surface area contributed by atoms with Crippen molar-refractivity contribution in [3.8, 4) is 0 Å². The van der Waals surface area contributed by atoms with Gasteiger partial charge in [0.25, 0.3) is 0 Å². The van der Waals surface area contributed by atoms with Gasteiger partial charge in [-0.15, -0.1) is 0 Å². The van der Waals surface area contributed by atoms with Crippen molar-refractivity contribution in [2.75, 3.05) is 0 Å². The first kappa shape index (κ1) is 18.2. The second-order valence-corrected chi connectivity index (χ2v) is 8.88. The molecule has 0 fully saturated rings. The first-order valence-corrected chi connectivity index (χ1v) is 9.69. The van der Waals surface area contributed by atoms with Crippen molar-refractivity contribution in [1.29, 1.82) is 0 Å². The molecular formula is C11H12F6IN2P. The van der Waals surface area contributed by atoms with Crippen molar-refractivity contribution in [2.24, 2.45) is 0 Å². The van der Waals surface area contributed by atoms with E-state index in [2.05, 4.69) is 54.4 Å². The van der Waals surface area contributed by atoms with E-state index in [0.717, 1.165) is 5.69 Å². The Morgan fingerprint density at radius 2 is 1.43 bits per heavy atom. The fraction of sp³-hybridized carbons (Fsp3) is 0.182. The number of aromatic nitrogens is 2. The van der Waals surface area contributed by atoms with Crippen molar-refractivity contribution in [1.82, 2.24) is 10.2 Å². The first-order valence-electron chi connectivity index (χ1n) is 5.50. The van der Waals surface area contributed by atoms with Crippen molar-refractivity contribution in [3.05, 3.63) is 48.9 Å². The summed E-state index contributed by atoms with van der Waals surface area (Å²) < 4.78 is 62.1. The van der Waals surface area contributed by atoms with E-state index in [1.807, 2.05) is 0 Å². The molecule has 120 valence electrons. The van der Waals surface area contributed by atoms with Crippen LogP contribution < -0.4 is 21.2 Å². The Balaban J connectivity index is 0.000000270. The van der Waals surface area contributed by atoms with Crippen LogP contribution in [0, 0.1) is 21.0 Å². The minimum absolute atomic E-state index is 0.0709. The maximum atomic E-state index is 9.87. The van der Waals surface area contributed by atoms with E-state index >= 15 is 0 Å². The van der Waals surface area contributed by atoms with Gasteiger partial charge in [0.1, 0.15) is 5.69 Å². The van der Waals surface area contributed by atoms with Gasteiger partial charge in [-0.2, -0.15) is 5.10 Å². The number of hydrogen-bond acceptors (Lipinski definition) is 1. The fourth-order valence-corrected chi connectivity index (χ4v) is 3.70. The van der Waals surface area contributed by atoms with Gasteiger partial charge in [-0.3, -0.25) is 5.10 Å². The van der Waals surface area contributed by atoms with Crippen LogP contribution in [-0.4, -0.2) is 10.2 Å². The van der Waals surface area contributed by atoms with Crippen molar-refractivity contribution >= 4 is 7.81 Å². The molecule has 2 nitrogen and oxygen atoms in total. The number of aromatic amines is 1. The maximum absolute atomic E-state index is 10.7. The zero-order chi connectivity index (χ0) is 16.4. The predicted molar refractivity (Wildman–Crippen MR) is 65.5 cm³/mol. The van der Waals surface area contributed by atoms with Crippen LogP contribution in [0.3, 0.4) is 0 Å². The summed E-state index contributed by atoms with van der Waals surface area (Å²) in [6, 6.07) is 10.6. The summed E-state index contributed by atoms with van der Waals surface area (Å²) in [6.07, 6.45) is 0. The molecule has 21 heavy (non-hydrogen) atoms. The summed E-state index contributed by atoms with van der Waals surface area (Å²) in [6.45, 7) is 4.17. The van der Waals surface area contributed by atoms with E-state index in [4.69, 9.17) is 0 Å². The van der Waals surface area contributed by atoms with E-state index in [0.29, 0.717) is 0 Å². The molecule has 1 aromatic carbocycles. The molecular weight excluding hydrogens is 432 g/mol. The first-order chi connectivity index (χ1) is 9.22. The molecule has 1 N–H and O–H groups in total. The van der Waals surface area contributed by atoms with Crippen LogP contribution >= 0.6 is 7.81 Å². The van der Waals surface area contributed by atoms with Crippen molar-refractivity contribution in [3.63, 3.8) is 0 Å². The van der Waals surface area contributed by atoms with E-state index < -0.39 is 7.81 Å². The van der Waals surface area contributed by atoms with E-state index in [1.165, 1.54) is 12.8 Å². The third-order valence-electron chi connectivity index (χ3n) is 1.97. The number of nitrogens with zero attached hydrogens (tertiary/aromatic N) is 1. The molecule has 0 unspecified atom stereocenters. The number of aryl methyl sites for hydroxylation is 2. The fourth-order valence-electron chi connectivity index (χ4n) is 1.26. The molecule has 1 heterocycles. The second kappa shape index (κ2) is 5.42. The number of hydrogen-bond donors (Lipinski definition) is 1. The molecule has 0 radical (unpaired) electrons. The van der Waals surface area contributed by atoms with E-state index in [-0.39, 0.29) is 21.2 Å². The Hall–Kier alpha value is -0.830. The molecule has 0 aliphatic carbocycles. The third-order valence-corrected chi connectivity index (χ3v) is 5.45. The van der Waals surface area contributed by atoms with Gasteiger partial charge >= 0.3 is 54.2 Å². The van der Waals surface area contributed by atoms with E-state index in [1.54, 1.807) is 0 Å². The summed E-state index contributed by atoms with van der Waals surface area (Å²) in [5.74, 6) is 0. The Morgan fingerprint density at radius 1 is 0.952 bits per heavy atom. The summed E-state index contributed by atoms with van der Waals surface area (Å²) in [5, 5.41) is 7.25. The number of benzene rings is 1. The minimum atomic E-state index is -10.7. The number of rotatable bonds is 2. The molecule has 0 aliphatic rings. The Morgan fingerprint density at radius 3 is 1.81 bits per heavy atom. The standard InChI is InChI=1S/C11H12IN2.F6P/c1-8-11(9(2)14-13-8)12-10-6-4-3-5-7-10;1-7(2,3,4,5)6/h3-7H,1-2H3,(H,13,14);/q+1;-1. The zero-order valence-electron chi connectivity index (χ0n) is 10.9. The molecule has 1 aromatic heterocycles. The van der Waals surface area contributed by atoms with Gasteiger partial charge in [-0.1, -0.05) is 18.2 Å². The van der Waals surface area contributed by atoms with Crippen molar-refractivity contribution in [2.45, 2.75) is 13.8 Å². The summed E-state index contributed by atoms with van der Waals surface area (Å²) in [4.78, 5) is 0. The zero-order valence-corrected chi connectivity index (χ0v) is 14.0. The van der Waals surface area contributed by atoms with Gasteiger partial charge in [0.15, 0.2) is 3.57 Å². The van der Waals surface area contributed by atoms with Gasteiger partial charge in [0.2, 0.25) is 3.57 Å². The quantitative estimate of drug-likeness (QED) is 0.431. The molecule has 2 aromatic rings. The summed E-state index contributed by atoms with van der Waals surface area (Å²) in [5.41, 5.74) is 2.37. The molecule has 0 bridgehead atoms. The SMILES string of the molecule is Cc1n[nH]c(C)c1[I+]c1ccccc1.F[P-](F)(F)(F)(F)F. The third kappa shape index (κ3) is 9.67. The average molecular weight is 444 g/mol. The normalized spacial score (nSPS) is 14.7. The van der Waals surface area contributed by atoms with Crippen LogP contribution in [0.25, 0.3) is 0 Å². The monoisotopic (exact) mass is 444 g/mol. The summed E-state index contributed by atoms with van der Waals surface area (Å²) in [7, 11) is -10.7. The molecule has 10 heteroatoms. The Kier molecular flexibility index (Phi) is 4.70. The van der Waals surface area contributed by atoms with Crippen LogP contribution in [0.1, 0.15) is 11.4 Å². The average Bonchev–Trinajstić information content (AvgIpc) is 2.58. The molecule has 0 saturated heterocycles. The van der Waals surface area contributed by atoms with Crippen LogP contribution in [0.4, 0.5) is 25.2 Å². The molecule has 0 saturated carbocycles. The van der Waals surface area contributed by atoms with E-state index in [9.17, 15) is 25.2 Å². The molecule has 0 amide bonds. The number of nitrogens with one attached hydrogen (secondary N) is 1. The van der Waals surface area contributed by atoms with Crippen molar-refractivity contribution < 1.29 is 46.4 Å². The Labute approximate surface area is 127 Å². The van der Waals surface area contributed by atoms with Crippen LogP contribution in [0.15, 0.2) is 30.3 Å². The molecule has 0 aliphatic heterocycles. The summed E-state index contributed by atoms with van der Waals surface area (Å²) >= 11 is -0.0709. The Bertz CT molecular complexity index is 577. The number of halogens is 7. The van der Waals surface area contributed by atoms with Crippen LogP contribution in [0.2, 0.25) is 0 Å². The van der Waals surface area contributed by atoms with Gasteiger partial charge in [-0.25, -0.2) is 0 Å². The predicted octanol–water partition coefficient (Wildman–Crippen LogP) is 2.54. The second-order valence-electron chi connectivity index (χ2n) is 4.10. The van der Waals surface area contributed by atoms with Gasteiger partial charge in [-0.05, 0) is 26.0 Å².